The van der Waals surface area contributed by atoms with E-state index >= 15 is 0 Å². The summed E-state index contributed by atoms with van der Waals surface area (Å²) in [6, 6.07) is 0.292. The molecule has 0 radical (unpaired) electrons. The quantitative estimate of drug-likeness (QED) is 0.714. The Morgan fingerprint density at radius 3 is 2.65 bits per heavy atom. The van der Waals surface area contributed by atoms with Gasteiger partial charge < -0.3 is 10.2 Å². The molecule has 1 atom stereocenters. The first-order chi connectivity index (χ1) is 8.98. The Kier molecular flexibility index (Phi) is 9.42. The van der Waals surface area contributed by atoms with Crippen molar-refractivity contribution < 1.29 is 13.2 Å². The third kappa shape index (κ3) is 6.90. The van der Waals surface area contributed by atoms with Crippen molar-refractivity contribution in [3.63, 3.8) is 0 Å². The van der Waals surface area contributed by atoms with Gasteiger partial charge in [0, 0.05) is 19.1 Å². The van der Waals surface area contributed by atoms with Crippen molar-refractivity contribution in [2.24, 2.45) is 0 Å². The number of unbranched alkanes of at least 4 members (excludes halogenated alkanes) is 2. The molecule has 1 unspecified atom stereocenters. The number of likely N-dealkylation sites (N-methyl/N-ethyl adjacent to an activating group) is 1. The highest BCUT2D eigenvalue weighted by molar-refractivity contribution is 7.92. The first-order valence-electron chi connectivity index (χ1n) is 7.14. The van der Waals surface area contributed by atoms with Crippen LogP contribution in [0.1, 0.15) is 39.0 Å². The second kappa shape index (κ2) is 9.58. The molecular formula is C13H27ClN2O3S. The monoisotopic (exact) mass is 326 g/mol. The molecule has 1 rings (SSSR count). The Morgan fingerprint density at radius 2 is 2.05 bits per heavy atom. The molecule has 0 aromatic rings. The molecule has 0 saturated carbocycles. The lowest BCUT2D eigenvalue weighted by Gasteiger charge is -2.32. The number of carbonyl (C=O) groups is 1. The van der Waals surface area contributed by atoms with Crippen LogP contribution < -0.4 is 5.32 Å². The predicted octanol–water partition coefficient (Wildman–Crippen LogP) is 1.22. The normalized spacial score (nSPS) is 19.5. The van der Waals surface area contributed by atoms with Gasteiger partial charge in [0.15, 0.2) is 9.84 Å². The van der Waals surface area contributed by atoms with Crippen LogP contribution in [0.3, 0.4) is 0 Å². The number of hydrogen-bond acceptors (Lipinski definition) is 4. The minimum absolute atomic E-state index is 0. The Bertz CT molecular complexity index is 387. The average molecular weight is 327 g/mol. The molecule has 1 aliphatic rings. The fourth-order valence-corrected chi connectivity index (χ4v) is 3.71. The fraction of sp³-hybridized carbons (Fsp3) is 0.923. The summed E-state index contributed by atoms with van der Waals surface area (Å²) in [5, 5.41) is 3.15. The topological polar surface area (TPSA) is 66.5 Å². The maximum Gasteiger partial charge on any atom is 0.237 e. The van der Waals surface area contributed by atoms with Crippen molar-refractivity contribution >= 4 is 28.2 Å². The van der Waals surface area contributed by atoms with E-state index in [1.54, 1.807) is 4.90 Å². The first-order valence-corrected chi connectivity index (χ1v) is 8.96. The molecular weight excluding hydrogens is 300 g/mol. The van der Waals surface area contributed by atoms with E-state index in [1.165, 1.54) is 0 Å². The highest BCUT2D eigenvalue weighted by atomic mass is 35.5. The molecule has 1 amide bonds. The van der Waals surface area contributed by atoms with Crippen molar-refractivity contribution in [2.45, 2.75) is 45.1 Å². The Morgan fingerprint density at radius 1 is 1.35 bits per heavy atom. The molecule has 1 N–H and O–H groups in total. The van der Waals surface area contributed by atoms with Crippen LogP contribution in [0, 0.1) is 0 Å². The smallest absolute Gasteiger partial charge is 0.237 e. The molecule has 0 bridgehead atoms. The third-order valence-corrected chi connectivity index (χ3v) is 5.18. The second-order valence-electron chi connectivity index (χ2n) is 5.27. The third-order valence-electron chi connectivity index (χ3n) is 3.58. The van der Waals surface area contributed by atoms with Crippen molar-refractivity contribution in [3.8, 4) is 0 Å². The van der Waals surface area contributed by atoms with Crippen LogP contribution in [-0.2, 0) is 14.6 Å². The molecule has 7 heteroatoms. The molecule has 1 heterocycles. The van der Waals surface area contributed by atoms with Gasteiger partial charge >= 0.3 is 0 Å². The lowest BCUT2D eigenvalue weighted by molar-refractivity contribution is -0.129. The largest absolute Gasteiger partial charge is 0.340 e. The van der Waals surface area contributed by atoms with E-state index in [2.05, 4.69) is 5.32 Å². The van der Waals surface area contributed by atoms with Crippen LogP contribution in [0.5, 0.6) is 0 Å². The van der Waals surface area contributed by atoms with Crippen LogP contribution >= 0.6 is 12.4 Å². The molecule has 0 spiro atoms. The van der Waals surface area contributed by atoms with Crippen LogP contribution in [0.2, 0.25) is 0 Å². The van der Waals surface area contributed by atoms with Crippen LogP contribution in [0.4, 0.5) is 0 Å². The summed E-state index contributed by atoms with van der Waals surface area (Å²) in [5.41, 5.74) is 0. The van der Waals surface area contributed by atoms with E-state index in [9.17, 15) is 13.2 Å². The van der Waals surface area contributed by atoms with E-state index in [4.69, 9.17) is 0 Å². The van der Waals surface area contributed by atoms with E-state index in [-0.39, 0.29) is 29.8 Å². The molecule has 0 aliphatic carbocycles. The number of halogens is 1. The molecule has 1 saturated heterocycles. The molecule has 1 fully saturated rings. The summed E-state index contributed by atoms with van der Waals surface area (Å²) >= 11 is 0. The van der Waals surface area contributed by atoms with E-state index in [1.807, 2.05) is 14.0 Å². The van der Waals surface area contributed by atoms with Gasteiger partial charge in [0.05, 0.1) is 5.75 Å². The Labute approximate surface area is 128 Å². The lowest BCUT2D eigenvalue weighted by Crippen LogP contribution is -2.48. The van der Waals surface area contributed by atoms with Crippen molar-refractivity contribution in [2.75, 3.05) is 31.6 Å². The first kappa shape index (κ1) is 19.7. The molecule has 1 aliphatic heterocycles. The number of amides is 1. The Balaban J connectivity index is 0.00000361. The van der Waals surface area contributed by atoms with Gasteiger partial charge in [-0.25, -0.2) is 8.42 Å². The van der Waals surface area contributed by atoms with Gasteiger partial charge in [-0.2, -0.15) is 0 Å². The van der Waals surface area contributed by atoms with Crippen molar-refractivity contribution in [1.82, 2.24) is 10.2 Å². The second-order valence-corrected chi connectivity index (χ2v) is 7.45. The summed E-state index contributed by atoms with van der Waals surface area (Å²) in [7, 11) is -1.36. The van der Waals surface area contributed by atoms with Gasteiger partial charge in [0.2, 0.25) is 5.91 Å². The molecule has 120 valence electrons. The van der Waals surface area contributed by atoms with Gasteiger partial charge in [0.25, 0.3) is 0 Å². The molecule has 20 heavy (non-hydrogen) atoms. The zero-order chi connectivity index (χ0) is 14.3. The van der Waals surface area contributed by atoms with Crippen LogP contribution in [0.15, 0.2) is 0 Å². The molecule has 5 nitrogen and oxygen atoms in total. The maximum absolute atomic E-state index is 12.0. The van der Waals surface area contributed by atoms with Crippen LogP contribution in [-0.4, -0.2) is 56.9 Å². The van der Waals surface area contributed by atoms with E-state index < -0.39 is 9.84 Å². The van der Waals surface area contributed by atoms with Gasteiger partial charge in [-0.3, -0.25) is 4.79 Å². The SMILES string of the molecule is CCCCCS(=O)(=O)CC(=O)N1CCCC(NC)C1.Cl. The number of likely N-dealkylation sites (tertiary alicyclic amines) is 1. The van der Waals surface area contributed by atoms with E-state index in [0.29, 0.717) is 25.6 Å². The van der Waals surface area contributed by atoms with Gasteiger partial charge in [-0.15, -0.1) is 12.4 Å². The van der Waals surface area contributed by atoms with Crippen LogP contribution in [0.25, 0.3) is 0 Å². The predicted molar refractivity (Wildman–Crippen MR) is 84.1 cm³/mol. The zero-order valence-corrected chi connectivity index (χ0v) is 14.1. The van der Waals surface area contributed by atoms with Gasteiger partial charge in [-0.1, -0.05) is 19.8 Å². The highest BCUT2D eigenvalue weighted by Crippen LogP contribution is 2.11. The number of rotatable bonds is 7. The fourth-order valence-electron chi connectivity index (χ4n) is 2.36. The zero-order valence-electron chi connectivity index (χ0n) is 12.4. The maximum atomic E-state index is 12.0. The minimum Gasteiger partial charge on any atom is -0.340 e. The number of sulfone groups is 1. The van der Waals surface area contributed by atoms with Gasteiger partial charge in [0.1, 0.15) is 5.75 Å². The summed E-state index contributed by atoms with van der Waals surface area (Å²) in [5.74, 6) is -0.431. The average Bonchev–Trinajstić information content (AvgIpc) is 2.38. The standard InChI is InChI=1S/C13H26N2O3S.ClH/c1-3-4-5-9-19(17,18)11-13(16)15-8-6-7-12(10-15)14-2;/h12,14H,3-11H2,1-2H3;1H. The number of nitrogens with zero attached hydrogens (tertiary/aromatic N) is 1. The van der Waals surface area contributed by atoms with E-state index in [0.717, 1.165) is 25.7 Å². The molecule has 0 aromatic heterocycles. The Hall–Kier alpha value is -0.330. The van der Waals surface area contributed by atoms with Crippen molar-refractivity contribution in [3.05, 3.63) is 0 Å². The summed E-state index contributed by atoms with van der Waals surface area (Å²) in [4.78, 5) is 13.7. The highest BCUT2D eigenvalue weighted by Gasteiger charge is 2.26. The number of piperidine rings is 1. The summed E-state index contributed by atoms with van der Waals surface area (Å²) < 4.78 is 23.7. The van der Waals surface area contributed by atoms with Crippen molar-refractivity contribution in [1.29, 1.82) is 0 Å². The number of hydrogen-bond donors (Lipinski definition) is 1. The number of carbonyl (C=O) groups excluding carboxylic acids is 1. The lowest BCUT2D eigenvalue weighted by atomic mass is 10.1. The van der Waals surface area contributed by atoms with Gasteiger partial charge in [-0.05, 0) is 26.3 Å². The minimum atomic E-state index is -3.24. The summed E-state index contributed by atoms with van der Waals surface area (Å²) in [6.07, 6.45) is 4.53. The summed E-state index contributed by atoms with van der Waals surface area (Å²) in [6.45, 7) is 3.34. The number of nitrogens with one attached hydrogen (secondary N) is 1. The molecule has 0 aromatic carbocycles.